The van der Waals surface area contributed by atoms with E-state index in [1.54, 1.807) is 0 Å². The van der Waals surface area contributed by atoms with Gasteiger partial charge in [-0.15, -0.1) is 12.8 Å². The molecule has 0 radical (unpaired) electrons. The van der Waals surface area contributed by atoms with Crippen LogP contribution in [0.25, 0.3) is 0 Å². The molecular weight excluding hydrogens is 354 g/mol. The van der Waals surface area contributed by atoms with Crippen LogP contribution < -0.4 is 24.8 Å². The molecule has 0 N–H and O–H groups in total. The second-order valence-electron chi connectivity index (χ2n) is 4.58. The van der Waals surface area contributed by atoms with Crippen molar-refractivity contribution in [2.45, 2.75) is 44.9 Å². The molecular formula is C16H20Cl2Zr. The molecule has 1 fully saturated rings. The third-order valence-electron chi connectivity index (χ3n) is 3.35. The number of halogens is 2. The summed E-state index contributed by atoms with van der Waals surface area (Å²) in [5.41, 5.74) is 1.50. The minimum absolute atomic E-state index is 0. The van der Waals surface area contributed by atoms with Crippen molar-refractivity contribution in [3.8, 4) is 0 Å². The van der Waals surface area contributed by atoms with E-state index in [2.05, 4.69) is 30.4 Å². The Morgan fingerprint density at radius 3 is 2.11 bits per heavy atom. The Hall–Kier alpha value is 0.423. The monoisotopic (exact) mass is 372 g/mol. The van der Waals surface area contributed by atoms with Crippen LogP contribution in [0.5, 0.6) is 0 Å². The predicted molar refractivity (Wildman–Crippen MR) is 68.7 cm³/mol. The maximum absolute atomic E-state index is 3.43. The van der Waals surface area contributed by atoms with Gasteiger partial charge in [0.1, 0.15) is 0 Å². The van der Waals surface area contributed by atoms with Crippen molar-refractivity contribution in [2.75, 3.05) is 0 Å². The van der Waals surface area contributed by atoms with Crippen LogP contribution >= 0.6 is 0 Å². The van der Waals surface area contributed by atoms with Gasteiger partial charge in [-0.1, -0.05) is 19.3 Å². The molecule has 3 rings (SSSR count). The van der Waals surface area contributed by atoms with Gasteiger partial charge in [0.25, 0.3) is 0 Å². The first-order valence-electron chi connectivity index (χ1n) is 6.46. The van der Waals surface area contributed by atoms with E-state index < -0.39 is 0 Å². The van der Waals surface area contributed by atoms with Crippen molar-refractivity contribution in [3.63, 3.8) is 0 Å². The molecule has 0 heterocycles. The smallest absolute Gasteiger partial charge is 1.00 e. The third kappa shape index (κ3) is 8.33. The Bertz CT molecular complexity index is 314. The number of hydrogen-bond donors (Lipinski definition) is 0. The van der Waals surface area contributed by atoms with Gasteiger partial charge in [0.2, 0.25) is 0 Å². The Morgan fingerprint density at radius 1 is 0.947 bits per heavy atom. The summed E-state index contributed by atoms with van der Waals surface area (Å²) in [6, 6.07) is 0. The molecule has 3 aliphatic rings. The zero-order valence-corrected chi connectivity index (χ0v) is 15.1. The molecule has 0 aromatic carbocycles. The van der Waals surface area contributed by atoms with Crippen molar-refractivity contribution in [3.05, 3.63) is 48.1 Å². The van der Waals surface area contributed by atoms with E-state index in [9.17, 15) is 0 Å². The van der Waals surface area contributed by atoms with E-state index >= 15 is 0 Å². The Balaban J connectivity index is 0. The second-order valence-corrected chi connectivity index (χ2v) is 4.58. The largest absolute Gasteiger partial charge is 4.00 e. The maximum Gasteiger partial charge on any atom is 4.00 e. The quantitative estimate of drug-likeness (QED) is 0.494. The minimum Gasteiger partial charge on any atom is -1.00 e. The van der Waals surface area contributed by atoms with Crippen LogP contribution in [0.3, 0.4) is 0 Å². The van der Waals surface area contributed by atoms with Crippen LogP contribution in [-0.4, -0.2) is 0 Å². The Labute approximate surface area is 149 Å². The van der Waals surface area contributed by atoms with Gasteiger partial charge >= 0.3 is 26.2 Å². The standard InChI is InChI=1S/C11H15.C5H5.2ClH.Zr/c1-2-6-10(7-3-1)11-8-4-5-9-11;1-2-4-5-3-1;;;/h4,8,10H,1-3,5-7H2;1-3H,4H2;2*1H;/q2*-1;;;+4/p-2. The minimum atomic E-state index is 0. The van der Waals surface area contributed by atoms with Gasteiger partial charge in [-0.3, -0.25) is 12.2 Å². The van der Waals surface area contributed by atoms with Crippen LogP contribution in [0, 0.1) is 18.1 Å². The molecule has 0 unspecified atom stereocenters. The van der Waals surface area contributed by atoms with E-state index in [1.165, 1.54) is 37.7 Å². The molecule has 0 aliphatic heterocycles. The molecule has 19 heavy (non-hydrogen) atoms. The molecule has 1 saturated carbocycles. The average molecular weight is 374 g/mol. The fourth-order valence-electron chi connectivity index (χ4n) is 2.46. The van der Waals surface area contributed by atoms with E-state index in [0.29, 0.717) is 0 Å². The van der Waals surface area contributed by atoms with Crippen LogP contribution in [0.15, 0.2) is 36.0 Å². The molecule has 0 saturated heterocycles. The van der Waals surface area contributed by atoms with Gasteiger partial charge in [-0.2, -0.15) is 12.2 Å². The van der Waals surface area contributed by atoms with Crippen molar-refractivity contribution < 1.29 is 51.0 Å². The third-order valence-corrected chi connectivity index (χ3v) is 3.35. The molecule has 0 nitrogen and oxygen atoms in total. The van der Waals surface area contributed by atoms with Gasteiger partial charge in [0.05, 0.1) is 0 Å². The zero-order chi connectivity index (χ0) is 11.1. The van der Waals surface area contributed by atoms with E-state index in [1.807, 2.05) is 12.2 Å². The zero-order valence-electron chi connectivity index (χ0n) is 11.2. The molecule has 102 valence electrons. The van der Waals surface area contributed by atoms with Crippen molar-refractivity contribution >= 4 is 0 Å². The van der Waals surface area contributed by atoms with Gasteiger partial charge in [0, 0.05) is 0 Å². The summed E-state index contributed by atoms with van der Waals surface area (Å²) < 4.78 is 0. The van der Waals surface area contributed by atoms with Crippen LogP contribution in [0.4, 0.5) is 0 Å². The first kappa shape index (κ1) is 21.7. The summed E-state index contributed by atoms with van der Waals surface area (Å²) in [4.78, 5) is 0. The van der Waals surface area contributed by atoms with Gasteiger partial charge in [0.15, 0.2) is 0 Å². The molecule has 0 amide bonds. The van der Waals surface area contributed by atoms with Gasteiger partial charge in [-0.05, 0) is 18.8 Å². The van der Waals surface area contributed by atoms with Crippen molar-refractivity contribution in [2.24, 2.45) is 5.92 Å². The van der Waals surface area contributed by atoms with Gasteiger partial charge < -0.3 is 24.8 Å². The summed E-state index contributed by atoms with van der Waals surface area (Å²) >= 11 is 0. The van der Waals surface area contributed by atoms with Crippen molar-refractivity contribution in [1.29, 1.82) is 0 Å². The number of rotatable bonds is 1. The van der Waals surface area contributed by atoms with E-state index in [4.69, 9.17) is 0 Å². The first-order chi connectivity index (χ1) is 7.97. The molecule has 3 heteroatoms. The van der Waals surface area contributed by atoms with Crippen molar-refractivity contribution in [1.82, 2.24) is 0 Å². The number of allylic oxidation sites excluding steroid dienone is 8. The summed E-state index contributed by atoms with van der Waals surface area (Å²) in [5, 5.41) is 0. The fourth-order valence-corrected chi connectivity index (χ4v) is 2.46. The summed E-state index contributed by atoms with van der Waals surface area (Å²) in [6.07, 6.45) is 26.1. The van der Waals surface area contributed by atoms with Crippen LogP contribution in [-0.2, 0) is 26.2 Å². The summed E-state index contributed by atoms with van der Waals surface area (Å²) in [7, 11) is 0. The molecule has 0 aromatic heterocycles. The summed E-state index contributed by atoms with van der Waals surface area (Å²) in [6.45, 7) is 0. The fraction of sp³-hybridized carbons (Fsp3) is 0.500. The second kappa shape index (κ2) is 13.4. The molecule has 0 bridgehead atoms. The van der Waals surface area contributed by atoms with Gasteiger partial charge in [-0.25, -0.2) is 23.8 Å². The summed E-state index contributed by atoms with van der Waals surface area (Å²) in [5.74, 6) is 0.863. The van der Waals surface area contributed by atoms with Crippen LogP contribution in [0.2, 0.25) is 0 Å². The number of hydrogen-bond acceptors (Lipinski definition) is 0. The Morgan fingerprint density at radius 2 is 1.68 bits per heavy atom. The molecule has 0 aromatic rings. The van der Waals surface area contributed by atoms with E-state index in [-0.39, 0.29) is 51.0 Å². The topological polar surface area (TPSA) is 0 Å². The first-order valence-corrected chi connectivity index (χ1v) is 6.46. The van der Waals surface area contributed by atoms with E-state index in [0.717, 1.165) is 18.8 Å². The van der Waals surface area contributed by atoms with Crippen LogP contribution in [0.1, 0.15) is 44.9 Å². The molecule has 3 aliphatic carbocycles. The normalized spacial score (nSPS) is 19.5. The maximum atomic E-state index is 3.43. The SMILES string of the molecule is [C-]1=C(C2CCCCC2)C=CC1.[C-]1=CC=CC1.[Cl-].[Cl-].[Zr+4]. The predicted octanol–water partition coefficient (Wildman–Crippen LogP) is -1.43. The Kier molecular flexibility index (Phi) is 15.3. The molecule has 0 spiro atoms. The molecule has 0 atom stereocenters. The average Bonchev–Trinajstić information content (AvgIpc) is 3.07.